The number of rotatable bonds is 12. The van der Waals surface area contributed by atoms with Crippen molar-refractivity contribution in [2.75, 3.05) is 31.5 Å². The number of pyridine rings is 1. The zero-order chi connectivity index (χ0) is 33.3. The summed E-state index contributed by atoms with van der Waals surface area (Å²) < 4.78 is 20.5. The Morgan fingerprint density at radius 3 is 2.67 bits per heavy atom. The number of hydrogen-bond donors (Lipinski definition) is 3. The minimum Gasteiger partial charge on any atom is -0.444 e. The molecule has 1 aliphatic rings. The van der Waals surface area contributed by atoms with E-state index in [0.29, 0.717) is 43.7 Å². The van der Waals surface area contributed by atoms with Crippen LogP contribution >= 0.6 is 0 Å². The molecule has 0 aliphatic carbocycles. The van der Waals surface area contributed by atoms with E-state index in [0.717, 1.165) is 18.4 Å². The zero-order valence-electron chi connectivity index (χ0n) is 26.7. The molecule has 0 unspecified atom stereocenters. The first-order chi connectivity index (χ1) is 21.9. The van der Waals surface area contributed by atoms with Crippen LogP contribution in [0.2, 0.25) is 0 Å². The highest BCUT2D eigenvalue weighted by molar-refractivity contribution is 6.00. The van der Waals surface area contributed by atoms with E-state index in [1.54, 1.807) is 55.9 Å². The lowest BCUT2D eigenvalue weighted by Crippen LogP contribution is -2.43. The number of aromatic nitrogens is 3. The van der Waals surface area contributed by atoms with Crippen LogP contribution in [-0.2, 0) is 23.0 Å². The molecule has 3 heterocycles. The molecule has 3 N–H and O–H groups in total. The number of halogens is 1. The molecule has 1 saturated heterocycles. The van der Waals surface area contributed by atoms with Crippen molar-refractivity contribution in [3.63, 3.8) is 0 Å². The van der Waals surface area contributed by atoms with E-state index in [2.05, 4.69) is 32.1 Å². The molecule has 1 aromatic carbocycles. The van der Waals surface area contributed by atoms with Gasteiger partial charge in [0.1, 0.15) is 23.3 Å². The predicted molar refractivity (Wildman–Crippen MR) is 170 cm³/mol. The van der Waals surface area contributed by atoms with Gasteiger partial charge in [0.05, 0.1) is 23.0 Å². The van der Waals surface area contributed by atoms with Crippen molar-refractivity contribution in [2.45, 2.75) is 64.5 Å². The number of amides is 3. The van der Waals surface area contributed by atoms with Gasteiger partial charge in [-0.15, -0.1) is 0 Å². The Kier molecular flexibility index (Phi) is 11.3. The highest BCUT2D eigenvalue weighted by Crippen LogP contribution is 2.26. The molecule has 46 heavy (non-hydrogen) atoms. The molecule has 0 spiro atoms. The molecule has 3 aromatic rings. The number of anilines is 1. The molecule has 3 amide bonds. The number of nitrogens with zero attached hydrogens (tertiary/aromatic N) is 5. The van der Waals surface area contributed by atoms with Gasteiger partial charge in [0.2, 0.25) is 5.91 Å². The molecule has 0 bridgehead atoms. The topological polar surface area (TPSA) is 154 Å². The average Bonchev–Trinajstić information content (AvgIpc) is 3.66. The Hall–Kier alpha value is -4.99. The summed E-state index contributed by atoms with van der Waals surface area (Å²) in [7, 11) is 1.76. The van der Waals surface area contributed by atoms with E-state index in [1.165, 1.54) is 18.2 Å². The number of likely N-dealkylation sites (tertiary alicyclic amines) is 1. The molecular formula is C33H41FN8O4. The van der Waals surface area contributed by atoms with E-state index in [1.807, 2.05) is 6.07 Å². The zero-order valence-corrected chi connectivity index (χ0v) is 26.7. The summed E-state index contributed by atoms with van der Waals surface area (Å²) >= 11 is 0. The van der Waals surface area contributed by atoms with Gasteiger partial charge in [0.25, 0.3) is 5.91 Å². The first-order valence-electron chi connectivity index (χ1n) is 15.4. The maximum absolute atomic E-state index is 13.7. The van der Waals surface area contributed by atoms with Gasteiger partial charge in [0.15, 0.2) is 0 Å². The van der Waals surface area contributed by atoms with E-state index < -0.39 is 17.6 Å². The van der Waals surface area contributed by atoms with Crippen molar-refractivity contribution in [2.24, 2.45) is 7.05 Å². The molecule has 1 aliphatic heterocycles. The Bertz CT molecular complexity index is 1590. The van der Waals surface area contributed by atoms with E-state index >= 15 is 0 Å². The van der Waals surface area contributed by atoms with Crippen molar-refractivity contribution in [1.29, 1.82) is 5.26 Å². The van der Waals surface area contributed by atoms with Gasteiger partial charge in [-0.25, -0.2) is 14.2 Å². The first kappa shape index (κ1) is 33.9. The summed E-state index contributed by atoms with van der Waals surface area (Å²) in [6, 6.07) is 9.75. The second kappa shape index (κ2) is 15.3. The maximum atomic E-state index is 13.7. The Morgan fingerprint density at radius 2 is 1.98 bits per heavy atom. The molecule has 0 saturated carbocycles. The van der Waals surface area contributed by atoms with Gasteiger partial charge in [-0.05, 0) is 70.2 Å². The van der Waals surface area contributed by atoms with Crippen molar-refractivity contribution in [3.8, 4) is 17.3 Å². The fraction of sp³-hybridized carbons (Fsp3) is 0.455. The fourth-order valence-corrected chi connectivity index (χ4v) is 5.26. The van der Waals surface area contributed by atoms with Crippen LogP contribution in [0.15, 0.2) is 42.7 Å². The predicted octanol–water partition coefficient (Wildman–Crippen LogP) is 4.17. The lowest BCUT2D eigenvalue weighted by molar-refractivity contribution is -0.132. The molecule has 2 aromatic heterocycles. The van der Waals surface area contributed by atoms with Gasteiger partial charge in [-0.2, -0.15) is 10.4 Å². The number of alkyl carbamates (subject to hydrolysis) is 1. The SMILES string of the molecule is Cn1cc(-c2nc(NCCc3cccc(F)c3)c(C(=O)NC[C@H]3CCCN3C(=O)CCCNC(=O)OC(C)(C)C)cc2C#N)cn1. The van der Waals surface area contributed by atoms with Crippen molar-refractivity contribution in [1.82, 2.24) is 30.3 Å². The number of nitriles is 1. The van der Waals surface area contributed by atoms with Crippen molar-refractivity contribution < 1.29 is 23.5 Å². The lowest BCUT2D eigenvalue weighted by atomic mass is 10.1. The molecule has 0 radical (unpaired) electrons. The summed E-state index contributed by atoms with van der Waals surface area (Å²) in [6.07, 6.45) is 5.56. The lowest BCUT2D eigenvalue weighted by Gasteiger charge is -2.25. The molecule has 1 atom stereocenters. The number of benzene rings is 1. The summed E-state index contributed by atoms with van der Waals surface area (Å²) in [6.45, 7) is 6.85. The van der Waals surface area contributed by atoms with Crippen LogP contribution in [0.4, 0.5) is 15.0 Å². The van der Waals surface area contributed by atoms with Gasteiger partial charge in [0, 0.05) is 57.4 Å². The number of ether oxygens (including phenoxy) is 1. The van der Waals surface area contributed by atoms with Gasteiger partial charge in [-0.3, -0.25) is 14.3 Å². The monoisotopic (exact) mass is 632 g/mol. The summed E-state index contributed by atoms with van der Waals surface area (Å²) in [5.41, 5.74) is 1.60. The third-order valence-corrected chi connectivity index (χ3v) is 7.39. The maximum Gasteiger partial charge on any atom is 0.407 e. The smallest absolute Gasteiger partial charge is 0.407 e. The summed E-state index contributed by atoms with van der Waals surface area (Å²) in [5, 5.41) is 22.9. The van der Waals surface area contributed by atoms with E-state index in [4.69, 9.17) is 4.74 Å². The Labute approximate surface area is 268 Å². The first-order valence-corrected chi connectivity index (χ1v) is 15.4. The van der Waals surface area contributed by atoms with Crippen molar-refractivity contribution >= 4 is 23.7 Å². The molecule has 4 rings (SSSR count). The third-order valence-electron chi connectivity index (χ3n) is 7.39. The number of carbonyl (C=O) groups excluding carboxylic acids is 3. The minimum atomic E-state index is -0.597. The highest BCUT2D eigenvalue weighted by Gasteiger charge is 2.29. The number of carbonyl (C=O) groups is 3. The van der Waals surface area contributed by atoms with E-state index in [-0.39, 0.29) is 47.7 Å². The second-order valence-corrected chi connectivity index (χ2v) is 12.2. The molecule has 244 valence electrons. The normalized spacial score (nSPS) is 14.4. The quantitative estimate of drug-likeness (QED) is 0.252. The van der Waals surface area contributed by atoms with Crippen LogP contribution < -0.4 is 16.0 Å². The summed E-state index contributed by atoms with van der Waals surface area (Å²) in [5.74, 6) is -0.527. The summed E-state index contributed by atoms with van der Waals surface area (Å²) in [4.78, 5) is 44.8. The molecule has 12 nitrogen and oxygen atoms in total. The number of nitrogens with one attached hydrogen (secondary N) is 3. The third kappa shape index (κ3) is 9.50. The number of hydrogen-bond acceptors (Lipinski definition) is 8. The van der Waals surface area contributed by atoms with Crippen LogP contribution in [0.3, 0.4) is 0 Å². The van der Waals surface area contributed by atoms with Crippen LogP contribution in [0.1, 0.15) is 67.9 Å². The van der Waals surface area contributed by atoms with Gasteiger partial charge < -0.3 is 25.6 Å². The van der Waals surface area contributed by atoms with Crippen molar-refractivity contribution in [3.05, 3.63) is 65.2 Å². The fourth-order valence-electron chi connectivity index (χ4n) is 5.26. The second-order valence-electron chi connectivity index (χ2n) is 12.2. The average molecular weight is 633 g/mol. The van der Waals surface area contributed by atoms with Gasteiger partial charge >= 0.3 is 6.09 Å². The van der Waals surface area contributed by atoms with Gasteiger partial charge in [-0.1, -0.05) is 12.1 Å². The largest absolute Gasteiger partial charge is 0.444 e. The molecule has 1 fully saturated rings. The molecule has 13 heteroatoms. The minimum absolute atomic E-state index is 0.0447. The Morgan fingerprint density at radius 1 is 1.17 bits per heavy atom. The molecular weight excluding hydrogens is 591 g/mol. The highest BCUT2D eigenvalue weighted by atomic mass is 19.1. The van der Waals surface area contributed by atoms with Crippen LogP contribution in [0.25, 0.3) is 11.3 Å². The number of aryl methyl sites for hydroxylation is 1. The van der Waals surface area contributed by atoms with Crippen LogP contribution in [-0.4, -0.2) is 75.4 Å². The Balaban J connectivity index is 1.41. The van der Waals surface area contributed by atoms with Crippen LogP contribution in [0, 0.1) is 17.1 Å². The van der Waals surface area contributed by atoms with Crippen LogP contribution in [0.5, 0.6) is 0 Å². The van der Waals surface area contributed by atoms with E-state index in [9.17, 15) is 24.0 Å². The standard InChI is InChI=1S/C33H41FN8O4/c1-33(2,3)46-32(45)37-13-6-11-28(43)42-15-7-10-26(42)20-38-31(44)27-17-23(18-35)29(24-19-39-41(4)21-24)40-30(27)36-14-12-22-8-5-9-25(34)16-22/h5,8-9,16-17,19,21,26H,6-7,10-15,20H2,1-4H3,(H,36,40)(H,37,45)(H,38,44)/t26-/m1/s1.